The molecule has 0 aliphatic carbocycles. The number of halogens is 4. The molecular formula is C13H8BrCl3N4O. The highest BCUT2D eigenvalue weighted by Crippen LogP contribution is 2.34. The van der Waals surface area contributed by atoms with E-state index in [0.29, 0.717) is 0 Å². The van der Waals surface area contributed by atoms with E-state index in [9.17, 15) is 4.79 Å². The smallest absolute Gasteiger partial charge is 0.291 e. The van der Waals surface area contributed by atoms with E-state index < -0.39 is 5.91 Å². The van der Waals surface area contributed by atoms with Crippen LogP contribution >= 0.6 is 50.7 Å². The number of nitrogens with zero attached hydrogens (tertiary/aromatic N) is 2. The van der Waals surface area contributed by atoms with E-state index in [1.807, 2.05) is 24.3 Å². The zero-order chi connectivity index (χ0) is 16.3. The summed E-state index contributed by atoms with van der Waals surface area (Å²) in [5.41, 5.74) is 8.57. The quantitative estimate of drug-likeness (QED) is 0.443. The number of pyridine rings is 1. The number of aromatic nitrogens is 1. The molecule has 0 unspecified atom stereocenters. The van der Waals surface area contributed by atoms with Gasteiger partial charge in [0, 0.05) is 4.47 Å². The van der Waals surface area contributed by atoms with Crippen molar-refractivity contribution < 1.29 is 4.79 Å². The molecule has 0 saturated heterocycles. The van der Waals surface area contributed by atoms with Crippen LogP contribution < -0.4 is 11.2 Å². The largest absolute Gasteiger partial charge is 0.396 e. The lowest BCUT2D eigenvalue weighted by molar-refractivity contribution is 0.0950. The van der Waals surface area contributed by atoms with E-state index in [0.717, 1.165) is 10.0 Å². The number of hydrogen-bond acceptors (Lipinski definition) is 4. The Hall–Kier alpha value is -1.34. The summed E-state index contributed by atoms with van der Waals surface area (Å²) in [6.45, 7) is 0. The third-order valence-electron chi connectivity index (χ3n) is 2.52. The molecular weight excluding hydrogens is 414 g/mol. The van der Waals surface area contributed by atoms with E-state index in [-0.39, 0.29) is 26.6 Å². The van der Waals surface area contributed by atoms with Crippen LogP contribution in [-0.4, -0.2) is 17.1 Å². The molecule has 22 heavy (non-hydrogen) atoms. The summed E-state index contributed by atoms with van der Waals surface area (Å²) in [5, 5.41) is 3.64. The van der Waals surface area contributed by atoms with E-state index in [1.54, 1.807) is 0 Å². The van der Waals surface area contributed by atoms with Crippen LogP contribution in [0.4, 0.5) is 5.69 Å². The molecule has 5 nitrogen and oxygen atoms in total. The van der Waals surface area contributed by atoms with Crippen molar-refractivity contribution >= 4 is 68.5 Å². The molecule has 1 heterocycles. The minimum atomic E-state index is -0.651. The lowest BCUT2D eigenvalue weighted by atomic mass is 10.2. The van der Waals surface area contributed by atoms with Gasteiger partial charge in [0.2, 0.25) is 0 Å². The predicted octanol–water partition coefficient (Wildman–Crippen LogP) is 4.15. The molecule has 2 aromatic rings. The standard InChI is InChI=1S/C13H8BrCl3N4O/c14-7-3-1-2-6(4-7)5-19-21-13(22)11-8(15)10(18)9(16)12(17)20-11/h1-5H,(H2,18,20)(H,21,22)/b19-5+. The zero-order valence-electron chi connectivity index (χ0n) is 10.8. The van der Waals surface area contributed by atoms with Crippen molar-refractivity contribution in [3.05, 3.63) is 55.2 Å². The van der Waals surface area contributed by atoms with Crippen molar-refractivity contribution in [3.63, 3.8) is 0 Å². The first-order chi connectivity index (χ1) is 10.4. The van der Waals surface area contributed by atoms with Crippen LogP contribution in [0.3, 0.4) is 0 Å². The number of amides is 1. The Balaban J connectivity index is 2.17. The van der Waals surface area contributed by atoms with Crippen LogP contribution in [0.15, 0.2) is 33.8 Å². The van der Waals surface area contributed by atoms with E-state index in [4.69, 9.17) is 40.5 Å². The zero-order valence-corrected chi connectivity index (χ0v) is 14.6. The summed E-state index contributed by atoms with van der Waals surface area (Å²) < 4.78 is 0.893. The van der Waals surface area contributed by atoms with Gasteiger partial charge in [-0.1, -0.05) is 62.9 Å². The van der Waals surface area contributed by atoms with Crippen LogP contribution in [0.5, 0.6) is 0 Å². The Bertz CT molecular complexity index is 767. The number of hydrogen-bond donors (Lipinski definition) is 2. The van der Waals surface area contributed by atoms with Gasteiger partial charge >= 0.3 is 0 Å². The van der Waals surface area contributed by atoms with Crippen molar-refractivity contribution in [1.29, 1.82) is 0 Å². The Kier molecular flexibility index (Phi) is 5.63. The maximum atomic E-state index is 12.0. The van der Waals surface area contributed by atoms with Crippen LogP contribution in [0.2, 0.25) is 15.2 Å². The number of anilines is 1. The number of hydrazone groups is 1. The monoisotopic (exact) mass is 420 g/mol. The first-order valence-corrected chi connectivity index (χ1v) is 7.71. The van der Waals surface area contributed by atoms with Crippen LogP contribution in [0, 0.1) is 0 Å². The summed E-state index contributed by atoms with van der Waals surface area (Å²) in [7, 11) is 0. The fraction of sp³-hybridized carbons (Fsp3) is 0. The van der Waals surface area contributed by atoms with Crippen molar-refractivity contribution in [2.24, 2.45) is 5.10 Å². The Labute approximate surface area is 149 Å². The third kappa shape index (κ3) is 3.89. The fourth-order valence-corrected chi connectivity index (χ4v) is 2.50. The molecule has 9 heteroatoms. The van der Waals surface area contributed by atoms with Gasteiger partial charge in [0.15, 0.2) is 10.8 Å². The third-order valence-corrected chi connectivity index (χ3v) is 4.14. The molecule has 0 bridgehead atoms. The molecule has 1 amide bonds. The van der Waals surface area contributed by atoms with Crippen LogP contribution in [0.1, 0.15) is 16.1 Å². The Morgan fingerprint density at radius 2 is 2.05 bits per heavy atom. The number of benzene rings is 1. The first kappa shape index (κ1) is 17.0. The summed E-state index contributed by atoms with van der Waals surface area (Å²) in [5.74, 6) is -0.651. The highest BCUT2D eigenvalue weighted by molar-refractivity contribution is 9.10. The highest BCUT2D eigenvalue weighted by Gasteiger charge is 2.19. The van der Waals surface area contributed by atoms with Crippen molar-refractivity contribution in [1.82, 2.24) is 10.4 Å². The van der Waals surface area contributed by atoms with Crippen LogP contribution in [0.25, 0.3) is 0 Å². The molecule has 0 aliphatic heterocycles. The van der Waals surface area contributed by atoms with Gasteiger partial charge in [-0.05, 0) is 17.7 Å². The van der Waals surface area contributed by atoms with E-state index in [1.165, 1.54) is 6.21 Å². The number of carbonyl (C=O) groups excluding carboxylic acids is 1. The SMILES string of the molecule is Nc1c(Cl)c(Cl)nc(C(=O)N/N=C/c2cccc(Br)c2)c1Cl. The molecule has 2 rings (SSSR count). The molecule has 0 spiro atoms. The Morgan fingerprint density at radius 1 is 1.32 bits per heavy atom. The normalized spacial score (nSPS) is 10.9. The molecule has 114 valence electrons. The van der Waals surface area contributed by atoms with Gasteiger partial charge in [0.05, 0.1) is 16.9 Å². The lowest BCUT2D eigenvalue weighted by Crippen LogP contribution is -2.20. The minimum Gasteiger partial charge on any atom is -0.396 e. The van der Waals surface area contributed by atoms with Gasteiger partial charge in [-0.2, -0.15) is 5.10 Å². The van der Waals surface area contributed by atoms with Gasteiger partial charge in [-0.25, -0.2) is 10.4 Å². The van der Waals surface area contributed by atoms with Gasteiger partial charge in [-0.3, -0.25) is 4.79 Å². The average Bonchev–Trinajstić information content (AvgIpc) is 2.48. The second-order valence-electron chi connectivity index (χ2n) is 4.05. The highest BCUT2D eigenvalue weighted by atomic mass is 79.9. The average molecular weight is 422 g/mol. The van der Waals surface area contributed by atoms with Gasteiger partial charge in [-0.15, -0.1) is 0 Å². The summed E-state index contributed by atoms with van der Waals surface area (Å²) >= 11 is 20.8. The second-order valence-corrected chi connectivity index (χ2v) is 6.08. The van der Waals surface area contributed by atoms with Crippen molar-refractivity contribution in [2.75, 3.05) is 5.73 Å². The summed E-state index contributed by atoms with van der Waals surface area (Å²) in [6.07, 6.45) is 1.47. The number of nitrogen functional groups attached to an aromatic ring is 1. The van der Waals surface area contributed by atoms with Gasteiger partial charge < -0.3 is 5.73 Å². The predicted molar refractivity (Wildman–Crippen MR) is 92.9 cm³/mol. The summed E-state index contributed by atoms with van der Waals surface area (Å²) in [6, 6.07) is 7.37. The van der Waals surface area contributed by atoms with E-state index >= 15 is 0 Å². The summed E-state index contributed by atoms with van der Waals surface area (Å²) in [4.78, 5) is 15.8. The number of nitrogens with two attached hydrogens (primary N) is 1. The minimum absolute atomic E-state index is 0.000790. The Morgan fingerprint density at radius 3 is 2.73 bits per heavy atom. The lowest BCUT2D eigenvalue weighted by Gasteiger charge is -2.07. The maximum Gasteiger partial charge on any atom is 0.291 e. The topological polar surface area (TPSA) is 80.4 Å². The van der Waals surface area contributed by atoms with Gasteiger partial charge in [0.1, 0.15) is 5.02 Å². The molecule has 0 saturated carbocycles. The number of nitrogens with one attached hydrogen (secondary N) is 1. The molecule has 0 radical (unpaired) electrons. The molecule has 0 fully saturated rings. The van der Waals surface area contributed by atoms with Crippen molar-refractivity contribution in [2.45, 2.75) is 0 Å². The maximum absolute atomic E-state index is 12.0. The molecule has 1 aromatic heterocycles. The van der Waals surface area contributed by atoms with E-state index in [2.05, 4.69) is 31.4 Å². The molecule has 3 N–H and O–H groups in total. The number of carbonyl (C=O) groups is 1. The van der Waals surface area contributed by atoms with Gasteiger partial charge in [0.25, 0.3) is 5.91 Å². The molecule has 0 atom stereocenters. The van der Waals surface area contributed by atoms with Crippen molar-refractivity contribution in [3.8, 4) is 0 Å². The fourth-order valence-electron chi connectivity index (χ4n) is 1.49. The van der Waals surface area contributed by atoms with Crippen LogP contribution in [-0.2, 0) is 0 Å². The molecule has 1 aromatic carbocycles. The first-order valence-electron chi connectivity index (χ1n) is 5.79. The number of rotatable bonds is 3. The second kappa shape index (κ2) is 7.28. The molecule has 0 aliphatic rings.